The number of benzene rings is 1. The number of nitrogens with zero attached hydrogens (tertiary/aromatic N) is 5. The first kappa shape index (κ1) is 21.3. The molecule has 0 aliphatic carbocycles. The van der Waals surface area contributed by atoms with Gasteiger partial charge in [0, 0.05) is 43.3 Å². The van der Waals surface area contributed by atoms with Gasteiger partial charge in [0.2, 0.25) is 0 Å². The molecule has 0 saturated carbocycles. The van der Waals surface area contributed by atoms with Gasteiger partial charge in [0.05, 0.1) is 21.6 Å². The van der Waals surface area contributed by atoms with E-state index in [9.17, 15) is 9.18 Å². The first-order valence-corrected chi connectivity index (χ1v) is 11.5. The lowest BCUT2D eigenvalue weighted by molar-refractivity contribution is 0.202. The first-order chi connectivity index (χ1) is 16.0. The largest absolute Gasteiger partial charge is 0.334 e. The molecule has 9 heteroatoms. The summed E-state index contributed by atoms with van der Waals surface area (Å²) in [5.41, 5.74) is 5.93. The van der Waals surface area contributed by atoms with Crippen LogP contribution >= 0.6 is 11.3 Å². The Hall–Kier alpha value is -3.59. The molecule has 0 fully saturated rings. The van der Waals surface area contributed by atoms with Gasteiger partial charge in [-0.2, -0.15) is 5.10 Å². The Balaban J connectivity index is 1.31. The molecule has 168 valence electrons. The fourth-order valence-corrected chi connectivity index (χ4v) is 5.22. The molecular formula is C24H23FN6OS. The van der Waals surface area contributed by atoms with Crippen molar-refractivity contribution in [1.29, 1.82) is 0 Å². The summed E-state index contributed by atoms with van der Waals surface area (Å²) in [7, 11) is 1.92. The molecule has 33 heavy (non-hydrogen) atoms. The molecule has 0 radical (unpaired) electrons. The monoisotopic (exact) mass is 462 g/mol. The van der Waals surface area contributed by atoms with Gasteiger partial charge >= 0.3 is 6.03 Å². The van der Waals surface area contributed by atoms with Crippen LogP contribution in [0.3, 0.4) is 0 Å². The van der Waals surface area contributed by atoms with E-state index in [4.69, 9.17) is 0 Å². The van der Waals surface area contributed by atoms with Crippen LogP contribution in [0.5, 0.6) is 0 Å². The number of hydrogen-bond acceptors (Lipinski definition) is 5. The number of fused-ring (bicyclic) bond motifs is 1. The van der Waals surface area contributed by atoms with Gasteiger partial charge in [-0.1, -0.05) is 18.2 Å². The number of aromatic nitrogens is 4. The Morgan fingerprint density at radius 2 is 2.06 bits per heavy atom. The molecule has 4 aromatic rings. The smallest absolute Gasteiger partial charge is 0.317 e. The van der Waals surface area contributed by atoms with Gasteiger partial charge in [0.25, 0.3) is 0 Å². The van der Waals surface area contributed by atoms with Gasteiger partial charge in [-0.15, -0.1) is 11.3 Å². The summed E-state index contributed by atoms with van der Waals surface area (Å²) in [4.78, 5) is 24.5. The molecule has 2 amide bonds. The number of carbonyl (C=O) groups is 1. The van der Waals surface area contributed by atoms with Gasteiger partial charge in [0.15, 0.2) is 0 Å². The number of halogens is 1. The normalized spacial score (nSPS) is 13.9. The van der Waals surface area contributed by atoms with Crippen LogP contribution < -0.4 is 5.32 Å². The summed E-state index contributed by atoms with van der Waals surface area (Å²) >= 11 is 1.67. The summed E-state index contributed by atoms with van der Waals surface area (Å²) in [5, 5.41) is 7.35. The van der Waals surface area contributed by atoms with Crippen LogP contribution in [0.2, 0.25) is 0 Å². The van der Waals surface area contributed by atoms with Crippen LogP contribution in [0, 0.1) is 12.7 Å². The molecule has 5 rings (SSSR count). The molecule has 1 aliphatic heterocycles. The Kier molecular flexibility index (Phi) is 5.63. The average molecular weight is 463 g/mol. The van der Waals surface area contributed by atoms with Crippen molar-refractivity contribution in [1.82, 2.24) is 30.0 Å². The summed E-state index contributed by atoms with van der Waals surface area (Å²) in [5.74, 6) is -0.286. The van der Waals surface area contributed by atoms with Crippen molar-refractivity contribution in [3.05, 3.63) is 71.7 Å². The molecule has 0 unspecified atom stereocenters. The number of aryl methyl sites for hydroxylation is 2. The van der Waals surface area contributed by atoms with Crippen LogP contribution in [0.4, 0.5) is 9.18 Å². The molecule has 0 spiro atoms. The second-order valence-electron chi connectivity index (χ2n) is 8.06. The topological polar surface area (TPSA) is 75.9 Å². The van der Waals surface area contributed by atoms with Crippen molar-refractivity contribution in [2.24, 2.45) is 7.05 Å². The summed E-state index contributed by atoms with van der Waals surface area (Å²) < 4.78 is 15.9. The molecule has 3 aromatic heterocycles. The molecule has 0 bridgehead atoms. The Labute approximate surface area is 194 Å². The molecule has 1 aliphatic rings. The highest BCUT2D eigenvalue weighted by Gasteiger charge is 2.21. The van der Waals surface area contributed by atoms with Crippen LogP contribution in [0.15, 0.2) is 48.9 Å². The highest BCUT2D eigenvalue weighted by molar-refractivity contribution is 7.22. The molecular weight excluding hydrogens is 439 g/mol. The zero-order valence-corrected chi connectivity index (χ0v) is 19.2. The molecule has 1 aromatic carbocycles. The third-order valence-electron chi connectivity index (χ3n) is 5.75. The maximum Gasteiger partial charge on any atom is 0.317 e. The molecule has 0 atom stereocenters. The summed E-state index contributed by atoms with van der Waals surface area (Å²) in [6, 6.07) is 8.09. The van der Waals surface area contributed by atoms with Crippen LogP contribution in [-0.4, -0.2) is 43.8 Å². The van der Waals surface area contributed by atoms with Gasteiger partial charge in [0.1, 0.15) is 12.1 Å². The second kappa shape index (κ2) is 8.74. The molecule has 0 saturated heterocycles. The number of thiophene rings is 1. The minimum Gasteiger partial charge on any atom is -0.334 e. The first-order valence-electron chi connectivity index (χ1n) is 10.7. The van der Waals surface area contributed by atoms with E-state index in [1.165, 1.54) is 12.1 Å². The SMILES string of the molecule is Cc1nn(C)cc1-c1cc2ncnc(C3=CCN(C(=O)NCc4ccc(F)cc4)CC3)c2s1. The van der Waals surface area contributed by atoms with E-state index in [0.29, 0.717) is 19.6 Å². The molecule has 1 N–H and O–H groups in total. The predicted molar refractivity (Wildman–Crippen MR) is 127 cm³/mol. The highest BCUT2D eigenvalue weighted by atomic mass is 32.1. The van der Waals surface area contributed by atoms with E-state index >= 15 is 0 Å². The third-order valence-corrected chi connectivity index (χ3v) is 6.91. The van der Waals surface area contributed by atoms with E-state index in [2.05, 4.69) is 32.5 Å². The average Bonchev–Trinajstić information content (AvgIpc) is 3.40. The van der Waals surface area contributed by atoms with E-state index in [0.717, 1.165) is 49.6 Å². The van der Waals surface area contributed by atoms with E-state index in [1.807, 2.05) is 24.9 Å². The standard InChI is InChI=1S/C24H23FN6OS/c1-15-19(13-30(2)29-15)21-11-20-23(33-21)22(28-14-27-20)17-7-9-31(10-8-17)24(32)26-12-16-3-5-18(25)6-4-16/h3-7,11,13-14H,8-10,12H2,1-2H3,(H,26,32). The highest BCUT2D eigenvalue weighted by Crippen LogP contribution is 2.37. The number of rotatable bonds is 4. The Bertz CT molecular complexity index is 1360. The number of hydrogen-bond donors (Lipinski definition) is 1. The predicted octanol–water partition coefficient (Wildman–Crippen LogP) is 4.54. The van der Waals surface area contributed by atoms with Crippen molar-refractivity contribution >= 4 is 33.2 Å². The van der Waals surface area contributed by atoms with Crippen molar-refractivity contribution in [2.45, 2.75) is 19.9 Å². The fraction of sp³-hybridized carbons (Fsp3) is 0.250. The summed E-state index contributed by atoms with van der Waals surface area (Å²) in [6.07, 6.45) is 6.41. The van der Waals surface area contributed by atoms with Gasteiger partial charge in [-0.25, -0.2) is 19.2 Å². The lowest BCUT2D eigenvalue weighted by Crippen LogP contribution is -2.41. The molecule has 4 heterocycles. The zero-order valence-electron chi connectivity index (χ0n) is 18.4. The van der Waals surface area contributed by atoms with Gasteiger partial charge in [-0.3, -0.25) is 4.68 Å². The molecule has 7 nitrogen and oxygen atoms in total. The van der Waals surface area contributed by atoms with Crippen LogP contribution in [0.1, 0.15) is 23.4 Å². The van der Waals surface area contributed by atoms with Crippen LogP contribution in [-0.2, 0) is 13.6 Å². The van der Waals surface area contributed by atoms with Gasteiger partial charge in [-0.05, 0) is 42.7 Å². The quantitative estimate of drug-likeness (QED) is 0.483. The lowest BCUT2D eigenvalue weighted by Gasteiger charge is -2.26. The summed E-state index contributed by atoms with van der Waals surface area (Å²) in [6.45, 7) is 3.48. The van der Waals surface area contributed by atoms with Crippen molar-refractivity contribution in [2.75, 3.05) is 13.1 Å². The van der Waals surface area contributed by atoms with E-state index < -0.39 is 0 Å². The number of urea groups is 1. The number of carbonyl (C=O) groups excluding carboxylic acids is 1. The minimum absolute atomic E-state index is 0.132. The lowest BCUT2D eigenvalue weighted by atomic mass is 10.0. The van der Waals surface area contributed by atoms with Crippen molar-refractivity contribution in [3.63, 3.8) is 0 Å². The third kappa shape index (κ3) is 4.36. The minimum atomic E-state index is -0.286. The number of nitrogens with one attached hydrogen (secondary N) is 1. The van der Waals surface area contributed by atoms with Gasteiger partial charge < -0.3 is 10.2 Å². The van der Waals surface area contributed by atoms with Crippen molar-refractivity contribution < 1.29 is 9.18 Å². The second-order valence-corrected chi connectivity index (χ2v) is 9.11. The van der Waals surface area contributed by atoms with Crippen LogP contribution in [0.25, 0.3) is 26.2 Å². The zero-order chi connectivity index (χ0) is 22.9. The fourth-order valence-electron chi connectivity index (χ4n) is 4.02. The van der Waals surface area contributed by atoms with E-state index in [1.54, 1.807) is 34.7 Å². The maximum atomic E-state index is 13.0. The van der Waals surface area contributed by atoms with Crippen molar-refractivity contribution in [3.8, 4) is 10.4 Å². The maximum absolute atomic E-state index is 13.0. The van der Waals surface area contributed by atoms with E-state index in [-0.39, 0.29) is 11.8 Å². The Morgan fingerprint density at radius 3 is 2.76 bits per heavy atom. The Morgan fingerprint density at radius 1 is 1.24 bits per heavy atom. The number of amides is 2.